The van der Waals surface area contributed by atoms with Crippen LogP contribution >= 0.6 is 0 Å². The maximum Gasteiger partial charge on any atom is 0.208 e. The van der Waals surface area contributed by atoms with Gasteiger partial charge in [-0.05, 0) is 20.0 Å². The first-order chi connectivity index (χ1) is 11.1. The fraction of sp³-hybridized carbons (Fsp3) is 0.688. The Morgan fingerprint density at radius 2 is 2.26 bits per heavy atom. The molecule has 0 N–H and O–H groups in total. The molecule has 23 heavy (non-hydrogen) atoms. The number of hydrogen-bond donors (Lipinski definition) is 0. The van der Waals surface area contributed by atoms with E-state index >= 15 is 0 Å². The largest absolute Gasteiger partial charge is 0.444 e. The maximum absolute atomic E-state index is 5.81. The number of likely N-dealkylation sites (tertiary alicyclic amines) is 1. The lowest BCUT2D eigenvalue weighted by atomic mass is 10.2. The van der Waals surface area contributed by atoms with Gasteiger partial charge in [0.25, 0.3) is 0 Å². The van der Waals surface area contributed by atoms with Crippen molar-refractivity contribution in [1.29, 1.82) is 0 Å². The Morgan fingerprint density at radius 3 is 2.96 bits per heavy atom. The Hall–Kier alpha value is -1.73. The fourth-order valence-corrected chi connectivity index (χ4v) is 2.97. The number of nitrogens with zero attached hydrogens (tertiary/aromatic N) is 6. The topological polar surface area (TPSA) is 63.2 Å². The van der Waals surface area contributed by atoms with Crippen LogP contribution in [0.2, 0.25) is 0 Å². The van der Waals surface area contributed by atoms with Gasteiger partial charge in [-0.15, -0.1) is 0 Å². The van der Waals surface area contributed by atoms with E-state index in [9.17, 15) is 0 Å². The zero-order valence-electron chi connectivity index (χ0n) is 14.2. The highest BCUT2D eigenvalue weighted by Crippen LogP contribution is 2.19. The third-order valence-corrected chi connectivity index (χ3v) is 4.51. The van der Waals surface area contributed by atoms with Gasteiger partial charge in [-0.25, -0.2) is 9.97 Å². The van der Waals surface area contributed by atoms with Crippen LogP contribution < -0.4 is 0 Å². The number of hydrogen-bond acceptors (Lipinski definition) is 6. The third kappa shape index (κ3) is 4.17. The van der Waals surface area contributed by atoms with Crippen molar-refractivity contribution in [2.24, 2.45) is 0 Å². The molecule has 0 spiro atoms. The number of likely N-dealkylation sites (N-methyl/N-ethyl adjacent to an activating group) is 1. The third-order valence-electron chi connectivity index (χ3n) is 4.51. The summed E-state index contributed by atoms with van der Waals surface area (Å²) in [7, 11) is 2.16. The molecule has 0 saturated carbocycles. The molecule has 2 aromatic rings. The Balaban J connectivity index is 1.45. The number of oxazole rings is 1. The van der Waals surface area contributed by atoms with Crippen LogP contribution in [0.3, 0.4) is 0 Å². The van der Waals surface area contributed by atoms with Crippen LogP contribution in [-0.4, -0.2) is 62.3 Å². The van der Waals surface area contributed by atoms with Gasteiger partial charge >= 0.3 is 0 Å². The first-order valence-corrected chi connectivity index (χ1v) is 8.31. The lowest BCUT2D eigenvalue weighted by Gasteiger charge is -2.23. The van der Waals surface area contributed by atoms with E-state index in [0.29, 0.717) is 12.0 Å². The summed E-state index contributed by atoms with van der Waals surface area (Å²) in [6.07, 6.45) is 6.40. The van der Waals surface area contributed by atoms with Crippen LogP contribution in [0, 0.1) is 0 Å². The predicted molar refractivity (Wildman–Crippen MR) is 86.9 cm³/mol. The molecule has 0 radical (unpaired) electrons. The summed E-state index contributed by atoms with van der Waals surface area (Å²) in [5, 5.41) is 4.15. The zero-order chi connectivity index (χ0) is 16.2. The molecule has 1 atom stereocenters. The predicted octanol–water partition coefficient (Wildman–Crippen LogP) is 1.60. The number of rotatable bonds is 7. The van der Waals surface area contributed by atoms with E-state index in [2.05, 4.69) is 45.8 Å². The molecular weight excluding hydrogens is 292 g/mol. The molecule has 0 amide bonds. The quantitative estimate of drug-likeness (QED) is 0.772. The van der Waals surface area contributed by atoms with E-state index in [-0.39, 0.29) is 0 Å². The van der Waals surface area contributed by atoms with Crippen LogP contribution in [0.1, 0.15) is 37.8 Å². The Labute approximate surface area is 137 Å². The minimum absolute atomic E-state index is 0.389. The van der Waals surface area contributed by atoms with Crippen LogP contribution in [0.15, 0.2) is 23.3 Å². The van der Waals surface area contributed by atoms with E-state index in [1.54, 1.807) is 12.7 Å². The SMILES string of the molecule is CC(C)c1cnc(CN(C)[C@H]2CCN(CCn3cncn3)C2)o1. The second kappa shape index (κ2) is 7.23. The second-order valence-electron chi connectivity index (χ2n) is 6.63. The first-order valence-electron chi connectivity index (χ1n) is 8.31. The molecule has 3 heterocycles. The van der Waals surface area contributed by atoms with Crippen molar-refractivity contribution in [1.82, 2.24) is 29.5 Å². The Morgan fingerprint density at radius 1 is 1.39 bits per heavy atom. The molecule has 0 bridgehead atoms. The standard InChI is InChI=1S/C16H26N6O/c1-13(2)15-8-18-16(23-15)10-20(3)14-4-5-21(9-14)6-7-22-12-17-11-19-22/h8,11-14H,4-7,9-10H2,1-3H3/t14-/m0/s1. The fourth-order valence-electron chi connectivity index (χ4n) is 2.97. The van der Waals surface area contributed by atoms with Crippen molar-refractivity contribution < 1.29 is 4.42 Å². The summed E-state index contributed by atoms with van der Waals surface area (Å²) in [5.74, 6) is 2.17. The molecule has 126 valence electrons. The number of aromatic nitrogens is 4. The molecular formula is C16H26N6O. The van der Waals surface area contributed by atoms with Crippen LogP contribution in [-0.2, 0) is 13.1 Å². The van der Waals surface area contributed by atoms with Crippen molar-refractivity contribution in [2.75, 3.05) is 26.7 Å². The van der Waals surface area contributed by atoms with Gasteiger partial charge in [0.05, 0.1) is 19.3 Å². The van der Waals surface area contributed by atoms with E-state index in [4.69, 9.17) is 4.42 Å². The Kier molecular flexibility index (Phi) is 5.07. The molecule has 7 nitrogen and oxygen atoms in total. The van der Waals surface area contributed by atoms with Gasteiger partial charge in [0.2, 0.25) is 5.89 Å². The highest BCUT2D eigenvalue weighted by atomic mass is 16.4. The first kappa shape index (κ1) is 16.1. The summed E-state index contributed by atoms with van der Waals surface area (Å²) >= 11 is 0. The smallest absolute Gasteiger partial charge is 0.208 e. The molecule has 0 aromatic carbocycles. The average Bonchev–Trinajstić information content (AvgIpc) is 3.26. The van der Waals surface area contributed by atoms with Crippen molar-refractivity contribution >= 4 is 0 Å². The molecule has 0 unspecified atom stereocenters. The van der Waals surface area contributed by atoms with Gasteiger partial charge < -0.3 is 4.42 Å². The lowest BCUT2D eigenvalue weighted by molar-refractivity contribution is 0.203. The molecule has 0 aliphatic carbocycles. The van der Waals surface area contributed by atoms with Gasteiger partial charge in [0.1, 0.15) is 18.4 Å². The minimum Gasteiger partial charge on any atom is -0.444 e. The molecule has 1 fully saturated rings. The van der Waals surface area contributed by atoms with Crippen molar-refractivity contribution in [3.8, 4) is 0 Å². The van der Waals surface area contributed by atoms with Gasteiger partial charge in [0.15, 0.2) is 0 Å². The van der Waals surface area contributed by atoms with Crippen molar-refractivity contribution in [3.63, 3.8) is 0 Å². The highest BCUT2D eigenvalue weighted by molar-refractivity contribution is 4.99. The van der Waals surface area contributed by atoms with Gasteiger partial charge in [-0.1, -0.05) is 13.8 Å². The molecule has 1 aliphatic heterocycles. The lowest BCUT2D eigenvalue weighted by Crippen LogP contribution is -2.35. The Bertz CT molecular complexity index is 593. The highest BCUT2D eigenvalue weighted by Gasteiger charge is 2.26. The second-order valence-corrected chi connectivity index (χ2v) is 6.63. The molecule has 3 rings (SSSR count). The van der Waals surface area contributed by atoms with E-state index < -0.39 is 0 Å². The molecule has 1 aliphatic rings. The monoisotopic (exact) mass is 318 g/mol. The summed E-state index contributed by atoms with van der Waals surface area (Å²) in [6, 6.07) is 0.556. The zero-order valence-corrected chi connectivity index (χ0v) is 14.2. The van der Waals surface area contributed by atoms with E-state index in [1.165, 1.54) is 6.42 Å². The molecule has 2 aromatic heterocycles. The summed E-state index contributed by atoms with van der Waals surface area (Å²) in [4.78, 5) is 13.2. The molecule has 7 heteroatoms. The molecule has 1 saturated heterocycles. The average molecular weight is 318 g/mol. The minimum atomic E-state index is 0.389. The van der Waals surface area contributed by atoms with Gasteiger partial charge in [-0.2, -0.15) is 5.10 Å². The van der Waals surface area contributed by atoms with Crippen LogP contribution in [0.25, 0.3) is 0 Å². The van der Waals surface area contributed by atoms with E-state index in [1.807, 2.05) is 10.9 Å². The van der Waals surface area contributed by atoms with Crippen LogP contribution in [0.5, 0.6) is 0 Å². The van der Waals surface area contributed by atoms with Crippen molar-refractivity contribution in [3.05, 3.63) is 30.5 Å². The van der Waals surface area contributed by atoms with Crippen molar-refractivity contribution in [2.45, 2.75) is 45.3 Å². The van der Waals surface area contributed by atoms with Crippen LogP contribution in [0.4, 0.5) is 0 Å². The maximum atomic E-state index is 5.81. The van der Waals surface area contributed by atoms with Gasteiger partial charge in [0, 0.05) is 25.0 Å². The van der Waals surface area contributed by atoms with Gasteiger partial charge in [-0.3, -0.25) is 14.5 Å². The normalized spacial score (nSPS) is 19.3. The summed E-state index contributed by atoms with van der Waals surface area (Å²) in [6.45, 7) is 9.15. The van der Waals surface area contributed by atoms with E-state index in [0.717, 1.165) is 44.4 Å². The summed E-state index contributed by atoms with van der Waals surface area (Å²) in [5.41, 5.74) is 0. The summed E-state index contributed by atoms with van der Waals surface area (Å²) < 4.78 is 7.70.